The number of oxime groups is 1. The fourth-order valence-corrected chi connectivity index (χ4v) is 3.12. The summed E-state index contributed by atoms with van der Waals surface area (Å²) in [7, 11) is 0. The Kier molecular flexibility index (Phi) is 4.87. The van der Waals surface area contributed by atoms with E-state index in [-0.39, 0.29) is 23.7 Å². The van der Waals surface area contributed by atoms with Gasteiger partial charge in [0.25, 0.3) is 5.91 Å². The molecule has 2 aromatic carbocycles. The number of aromatic nitrogens is 1. The Labute approximate surface area is 166 Å². The number of carbonyl (C=O) groups is 2. The predicted octanol–water partition coefficient (Wildman–Crippen LogP) is 3.84. The van der Waals surface area contributed by atoms with E-state index in [1.54, 1.807) is 41.4 Å². The van der Waals surface area contributed by atoms with Crippen molar-refractivity contribution in [1.29, 1.82) is 0 Å². The van der Waals surface area contributed by atoms with Crippen LogP contribution in [0.5, 0.6) is 0 Å². The summed E-state index contributed by atoms with van der Waals surface area (Å²) >= 11 is 6.24. The summed E-state index contributed by atoms with van der Waals surface area (Å²) in [5, 5.41) is 4.42. The van der Waals surface area contributed by atoms with Gasteiger partial charge in [-0.1, -0.05) is 53.2 Å². The molecule has 0 aliphatic carbocycles. The summed E-state index contributed by atoms with van der Waals surface area (Å²) in [6.07, 6.45) is 2.92. The molecular weight excluding hydrogens is 378 g/mol. The molecule has 0 bridgehead atoms. The molecule has 0 fully saturated rings. The number of fused-ring (bicyclic) bond motifs is 1. The predicted molar refractivity (Wildman–Crippen MR) is 105 cm³/mol. The van der Waals surface area contributed by atoms with Gasteiger partial charge in [-0.3, -0.25) is 9.78 Å². The number of hydrogen-bond donors (Lipinski definition) is 0. The maximum atomic E-state index is 13.0. The molecule has 0 radical (unpaired) electrons. The molecule has 1 aromatic heterocycles. The number of rotatable bonds is 4. The van der Waals surface area contributed by atoms with Crippen molar-refractivity contribution in [2.75, 3.05) is 4.90 Å². The lowest BCUT2D eigenvalue weighted by molar-refractivity contribution is -0.112. The Morgan fingerprint density at radius 1 is 1.07 bits per heavy atom. The van der Waals surface area contributed by atoms with Gasteiger partial charge in [0.15, 0.2) is 5.71 Å². The van der Waals surface area contributed by atoms with Crippen molar-refractivity contribution in [1.82, 2.24) is 4.98 Å². The van der Waals surface area contributed by atoms with E-state index in [4.69, 9.17) is 16.4 Å². The van der Waals surface area contributed by atoms with Crippen molar-refractivity contribution in [3.63, 3.8) is 0 Å². The summed E-state index contributed by atoms with van der Waals surface area (Å²) in [5.74, 6) is -1.05. The summed E-state index contributed by atoms with van der Waals surface area (Å²) in [4.78, 5) is 35.5. The van der Waals surface area contributed by atoms with Crippen LogP contribution in [0, 0.1) is 0 Å². The molecule has 3 aromatic rings. The quantitative estimate of drug-likeness (QED) is 0.500. The van der Waals surface area contributed by atoms with Gasteiger partial charge in [0.2, 0.25) is 0 Å². The van der Waals surface area contributed by atoms with E-state index in [0.29, 0.717) is 16.3 Å². The second-order valence-corrected chi connectivity index (χ2v) is 6.47. The zero-order chi connectivity index (χ0) is 19.5. The third-order valence-corrected chi connectivity index (χ3v) is 4.67. The average molecular weight is 392 g/mol. The molecule has 0 spiro atoms. The third kappa shape index (κ3) is 3.37. The molecular formula is C21H14ClN3O3. The largest absolute Gasteiger partial charge is 0.367 e. The Bertz CT molecular complexity index is 1080. The average Bonchev–Trinajstić information content (AvgIpc) is 3.00. The van der Waals surface area contributed by atoms with Crippen LogP contribution in [0.3, 0.4) is 0 Å². The second-order valence-electron chi connectivity index (χ2n) is 6.06. The van der Waals surface area contributed by atoms with Gasteiger partial charge in [-0.25, -0.2) is 4.79 Å². The van der Waals surface area contributed by atoms with E-state index in [1.165, 1.54) is 6.20 Å². The Hall–Kier alpha value is -3.51. The SMILES string of the molecule is O=C(ON=C1C(=O)N(Cc2ccccc2Cl)c2ccccc21)c1cccnc1. The molecule has 0 saturated heterocycles. The van der Waals surface area contributed by atoms with Crippen LogP contribution in [0.4, 0.5) is 5.69 Å². The van der Waals surface area contributed by atoms with Gasteiger partial charge < -0.3 is 9.74 Å². The standard InChI is InChI=1S/C21H14ClN3O3/c22-17-9-3-1-6-15(17)13-25-18-10-4-2-8-16(18)19(20(25)26)24-28-21(27)14-7-5-11-23-12-14/h1-12H,13H2. The first-order valence-electron chi connectivity index (χ1n) is 8.49. The highest BCUT2D eigenvalue weighted by molar-refractivity contribution is 6.54. The Morgan fingerprint density at radius 2 is 1.86 bits per heavy atom. The highest BCUT2D eigenvalue weighted by Crippen LogP contribution is 2.31. The molecule has 1 amide bonds. The third-order valence-electron chi connectivity index (χ3n) is 4.30. The summed E-state index contributed by atoms with van der Waals surface area (Å²) in [6.45, 7) is 0.283. The maximum Gasteiger partial charge on any atom is 0.367 e. The van der Waals surface area contributed by atoms with Crippen LogP contribution < -0.4 is 4.90 Å². The number of carbonyl (C=O) groups excluding carboxylic acids is 2. The van der Waals surface area contributed by atoms with Gasteiger partial charge in [-0.15, -0.1) is 0 Å². The molecule has 0 N–H and O–H groups in total. The van der Waals surface area contributed by atoms with E-state index in [2.05, 4.69) is 10.1 Å². The molecule has 2 heterocycles. The highest BCUT2D eigenvalue weighted by Gasteiger charge is 2.35. The zero-order valence-corrected chi connectivity index (χ0v) is 15.3. The van der Waals surface area contributed by atoms with Gasteiger partial charge in [0.1, 0.15) is 0 Å². The van der Waals surface area contributed by atoms with Crippen molar-refractivity contribution in [2.45, 2.75) is 6.54 Å². The number of para-hydroxylation sites is 1. The van der Waals surface area contributed by atoms with Crippen molar-refractivity contribution < 1.29 is 14.4 Å². The van der Waals surface area contributed by atoms with Crippen LogP contribution in [0.1, 0.15) is 21.5 Å². The van der Waals surface area contributed by atoms with Gasteiger partial charge >= 0.3 is 5.97 Å². The van der Waals surface area contributed by atoms with E-state index in [1.807, 2.05) is 30.3 Å². The number of anilines is 1. The van der Waals surface area contributed by atoms with Crippen LogP contribution in [-0.2, 0) is 16.2 Å². The summed E-state index contributed by atoms with van der Waals surface area (Å²) in [6, 6.07) is 17.7. The van der Waals surface area contributed by atoms with E-state index in [9.17, 15) is 9.59 Å². The minimum Gasteiger partial charge on any atom is -0.312 e. The number of halogens is 1. The molecule has 1 aliphatic heterocycles. The van der Waals surface area contributed by atoms with Crippen molar-refractivity contribution in [2.24, 2.45) is 5.16 Å². The normalized spacial score (nSPS) is 14.2. The van der Waals surface area contributed by atoms with E-state index >= 15 is 0 Å². The van der Waals surface area contributed by atoms with Crippen LogP contribution in [0.15, 0.2) is 78.2 Å². The molecule has 4 rings (SSSR count). The first kappa shape index (κ1) is 17.9. The monoisotopic (exact) mass is 391 g/mol. The van der Waals surface area contributed by atoms with Crippen LogP contribution in [-0.4, -0.2) is 22.6 Å². The lowest BCUT2D eigenvalue weighted by atomic mass is 10.1. The number of hydrogen-bond acceptors (Lipinski definition) is 5. The number of benzene rings is 2. The number of nitrogens with zero attached hydrogens (tertiary/aromatic N) is 3. The smallest absolute Gasteiger partial charge is 0.312 e. The second kappa shape index (κ2) is 7.62. The minimum atomic E-state index is -0.685. The van der Waals surface area contributed by atoms with Crippen LogP contribution >= 0.6 is 11.6 Å². The number of amides is 1. The zero-order valence-electron chi connectivity index (χ0n) is 14.6. The van der Waals surface area contributed by atoms with Gasteiger partial charge in [-0.2, -0.15) is 0 Å². The Balaban J connectivity index is 1.63. The first-order valence-corrected chi connectivity index (χ1v) is 8.87. The van der Waals surface area contributed by atoms with E-state index < -0.39 is 5.97 Å². The molecule has 0 saturated carbocycles. The highest BCUT2D eigenvalue weighted by atomic mass is 35.5. The summed E-state index contributed by atoms with van der Waals surface area (Å²) in [5.41, 5.74) is 2.40. The molecule has 138 valence electrons. The summed E-state index contributed by atoms with van der Waals surface area (Å²) < 4.78 is 0. The van der Waals surface area contributed by atoms with Gasteiger partial charge in [0, 0.05) is 23.0 Å². The fraction of sp³-hybridized carbons (Fsp3) is 0.0476. The van der Waals surface area contributed by atoms with Gasteiger partial charge in [0.05, 0.1) is 17.8 Å². The van der Waals surface area contributed by atoms with Crippen molar-refractivity contribution in [3.05, 3.63) is 94.8 Å². The minimum absolute atomic E-state index is 0.0693. The fourth-order valence-electron chi connectivity index (χ4n) is 2.93. The first-order chi connectivity index (χ1) is 13.6. The van der Waals surface area contributed by atoms with Crippen LogP contribution in [0.2, 0.25) is 5.02 Å². The molecule has 0 atom stereocenters. The molecule has 28 heavy (non-hydrogen) atoms. The maximum absolute atomic E-state index is 13.0. The van der Waals surface area contributed by atoms with Gasteiger partial charge in [-0.05, 0) is 29.8 Å². The van der Waals surface area contributed by atoms with E-state index in [0.717, 1.165) is 5.56 Å². The Morgan fingerprint density at radius 3 is 2.64 bits per heavy atom. The molecule has 6 nitrogen and oxygen atoms in total. The molecule has 1 aliphatic rings. The number of pyridine rings is 1. The molecule has 7 heteroatoms. The van der Waals surface area contributed by atoms with Crippen molar-refractivity contribution >= 4 is 34.9 Å². The lowest BCUT2D eigenvalue weighted by Gasteiger charge is -2.17. The molecule has 0 unspecified atom stereocenters. The lowest BCUT2D eigenvalue weighted by Crippen LogP contribution is -2.30. The van der Waals surface area contributed by atoms with Crippen molar-refractivity contribution in [3.8, 4) is 0 Å². The topological polar surface area (TPSA) is 71.9 Å². The van der Waals surface area contributed by atoms with Crippen LogP contribution in [0.25, 0.3) is 0 Å².